The van der Waals surface area contributed by atoms with Crippen LogP contribution < -0.4 is 0 Å². The van der Waals surface area contributed by atoms with Crippen molar-refractivity contribution in [1.29, 1.82) is 0 Å². The third kappa shape index (κ3) is 4.90. The molecular weight excluding hydrogens is 119 g/mol. The molecule has 0 aliphatic carbocycles. The summed E-state index contributed by atoms with van der Waals surface area (Å²) in [6.45, 7) is 6.44. The zero-order valence-electron chi connectivity index (χ0n) is 6.20. The van der Waals surface area contributed by atoms with Crippen molar-refractivity contribution in [1.82, 2.24) is 0 Å². The zero-order chi connectivity index (χ0) is 6.62. The molecule has 1 heteroatoms. The minimum absolute atomic E-state index is 0. The summed E-state index contributed by atoms with van der Waals surface area (Å²) in [6.07, 6.45) is 3.29. The second-order valence-electron chi connectivity index (χ2n) is 2.42. The minimum Gasteiger partial charge on any atom is -0.0776 e. The average molecular weight is 142 g/mol. The highest BCUT2D eigenvalue weighted by molar-refractivity contribution is 6.15. The lowest BCUT2D eigenvalue weighted by atomic mass is 9.63. The second kappa shape index (κ2) is 7.18. The van der Waals surface area contributed by atoms with E-state index >= 15 is 0 Å². The molecule has 0 aromatic rings. The van der Waals surface area contributed by atoms with Gasteiger partial charge < -0.3 is 0 Å². The predicted molar refractivity (Wildman–Crippen MR) is 52.8 cm³/mol. The Hall–Kier alpha value is 0.0649. The smallest absolute Gasteiger partial charge is 0.0745 e. The SMILES string of the molecule is C.C.[B]C(CC)(CC)CC. The van der Waals surface area contributed by atoms with Crippen LogP contribution in [0.4, 0.5) is 0 Å². The van der Waals surface area contributed by atoms with Gasteiger partial charge in [-0.15, -0.1) is 0 Å². The fourth-order valence-electron chi connectivity index (χ4n) is 0.750. The molecule has 0 heterocycles. The van der Waals surface area contributed by atoms with Gasteiger partial charge in [-0.25, -0.2) is 0 Å². The summed E-state index contributed by atoms with van der Waals surface area (Å²) in [7, 11) is 5.90. The van der Waals surface area contributed by atoms with E-state index in [2.05, 4.69) is 20.8 Å². The minimum atomic E-state index is 0. The van der Waals surface area contributed by atoms with E-state index in [1.165, 1.54) is 0 Å². The lowest BCUT2D eigenvalue weighted by molar-refractivity contribution is 0.504. The third-order valence-corrected chi connectivity index (χ3v) is 2.11. The Morgan fingerprint density at radius 3 is 1.10 bits per heavy atom. The maximum absolute atomic E-state index is 5.90. The summed E-state index contributed by atoms with van der Waals surface area (Å²) in [5.41, 5.74) is 0. The standard InChI is InChI=1S/C7H15B.2CH4/c1-4-7(8,5-2)6-3;;/h4-6H2,1-3H3;2*1H4. The molecule has 0 unspecified atom stereocenters. The first-order valence-corrected chi connectivity index (χ1v) is 3.47. The zero-order valence-corrected chi connectivity index (χ0v) is 6.20. The molecule has 0 N–H and O–H groups in total. The van der Waals surface area contributed by atoms with Gasteiger partial charge in [0.25, 0.3) is 0 Å². The Bertz CT molecular complexity index is 47.5. The Labute approximate surface area is 68.8 Å². The van der Waals surface area contributed by atoms with E-state index in [0.717, 1.165) is 19.3 Å². The van der Waals surface area contributed by atoms with Crippen LogP contribution in [0.5, 0.6) is 0 Å². The van der Waals surface area contributed by atoms with Crippen LogP contribution in [-0.2, 0) is 0 Å². The highest BCUT2D eigenvalue weighted by atomic mass is 14.1. The molecule has 0 saturated heterocycles. The van der Waals surface area contributed by atoms with Gasteiger partial charge in [-0.3, -0.25) is 0 Å². The van der Waals surface area contributed by atoms with Crippen molar-refractivity contribution in [3.8, 4) is 0 Å². The summed E-state index contributed by atoms with van der Waals surface area (Å²) in [5.74, 6) is 0. The summed E-state index contributed by atoms with van der Waals surface area (Å²) in [5, 5.41) is 0.125. The van der Waals surface area contributed by atoms with Crippen LogP contribution in [0.1, 0.15) is 54.9 Å². The summed E-state index contributed by atoms with van der Waals surface area (Å²) < 4.78 is 0. The van der Waals surface area contributed by atoms with Gasteiger partial charge in [0.2, 0.25) is 0 Å². The summed E-state index contributed by atoms with van der Waals surface area (Å²) >= 11 is 0. The van der Waals surface area contributed by atoms with Crippen LogP contribution in [0, 0.1) is 0 Å². The first kappa shape index (κ1) is 16.6. The molecule has 0 aliphatic heterocycles. The molecule has 0 aliphatic rings. The van der Waals surface area contributed by atoms with Gasteiger partial charge in [0, 0.05) is 0 Å². The van der Waals surface area contributed by atoms with Crippen molar-refractivity contribution < 1.29 is 0 Å². The monoisotopic (exact) mass is 142 g/mol. The van der Waals surface area contributed by atoms with Crippen molar-refractivity contribution in [2.45, 2.75) is 60.2 Å². The Morgan fingerprint density at radius 1 is 0.900 bits per heavy atom. The molecule has 0 spiro atoms. The van der Waals surface area contributed by atoms with E-state index in [1.54, 1.807) is 0 Å². The van der Waals surface area contributed by atoms with Crippen LogP contribution in [0.25, 0.3) is 0 Å². The molecule has 0 aromatic carbocycles. The Morgan fingerprint density at radius 2 is 1.10 bits per heavy atom. The number of hydrogen-bond acceptors (Lipinski definition) is 0. The van der Waals surface area contributed by atoms with E-state index < -0.39 is 0 Å². The molecular formula is C9H23B. The lowest BCUT2D eigenvalue weighted by Crippen LogP contribution is -2.07. The van der Waals surface area contributed by atoms with E-state index in [4.69, 9.17) is 7.85 Å². The fourth-order valence-corrected chi connectivity index (χ4v) is 0.750. The second-order valence-corrected chi connectivity index (χ2v) is 2.42. The predicted octanol–water partition coefficient (Wildman–Crippen LogP) is 3.82. The Kier molecular flexibility index (Phi) is 11.9. The highest BCUT2D eigenvalue weighted by Crippen LogP contribution is 2.33. The van der Waals surface area contributed by atoms with Gasteiger partial charge >= 0.3 is 0 Å². The maximum atomic E-state index is 5.90. The summed E-state index contributed by atoms with van der Waals surface area (Å²) in [6, 6.07) is 0. The molecule has 0 rings (SSSR count). The first-order chi connectivity index (χ1) is 3.68. The van der Waals surface area contributed by atoms with Gasteiger partial charge in [-0.1, -0.05) is 60.2 Å². The number of rotatable bonds is 3. The van der Waals surface area contributed by atoms with Gasteiger partial charge in [-0.05, 0) is 0 Å². The van der Waals surface area contributed by atoms with Gasteiger partial charge in [-0.2, -0.15) is 0 Å². The quantitative estimate of drug-likeness (QED) is 0.525. The van der Waals surface area contributed by atoms with Gasteiger partial charge in [0.15, 0.2) is 0 Å². The molecule has 0 bridgehead atoms. The molecule has 10 heavy (non-hydrogen) atoms. The van der Waals surface area contributed by atoms with Crippen molar-refractivity contribution in [3.05, 3.63) is 0 Å². The number of hydrogen-bond donors (Lipinski definition) is 0. The average Bonchev–Trinajstić information content (AvgIpc) is 1.87. The molecule has 0 atom stereocenters. The van der Waals surface area contributed by atoms with Crippen molar-refractivity contribution >= 4 is 7.85 Å². The van der Waals surface area contributed by atoms with Crippen LogP contribution in [0.2, 0.25) is 5.31 Å². The molecule has 0 saturated carbocycles. The lowest BCUT2D eigenvalue weighted by Gasteiger charge is -2.24. The summed E-state index contributed by atoms with van der Waals surface area (Å²) in [4.78, 5) is 0. The first-order valence-electron chi connectivity index (χ1n) is 3.47. The van der Waals surface area contributed by atoms with E-state index in [0.29, 0.717) is 0 Å². The van der Waals surface area contributed by atoms with Gasteiger partial charge in [0.1, 0.15) is 0 Å². The molecule has 2 radical (unpaired) electrons. The largest absolute Gasteiger partial charge is 0.0776 e. The van der Waals surface area contributed by atoms with Crippen LogP contribution in [-0.4, -0.2) is 7.85 Å². The van der Waals surface area contributed by atoms with E-state index in [9.17, 15) is 0 Å². The maximum Gasteiger partial charge on any atom is 0.0745 e. The topological polar surface area (TPSA) is 0 Å². The third-order valence-electron chi connectivity index (χ3n) is 2.11. The van der Waals surface area contributed by atoms with Crippen molar-refractivity contribution in [2.24, 2.45) is 0 Å². The van der Waals surface area contributed by atoms with Crippen LogP contribution >= 0.6 is 0 Å². The van der Waals surface area contributed by atoms with Crippen LogP contribution in [0.15, 0.2) is 0 Å². The Balaban J connectivity index is -0.000000245. The fraction of sp³-hybridized carbons (Fsp3) is 1.00. The normalized spacial score (nSPS) is 9.50. The molecule has 0 aromatic heterocycles. The highest BCUT2D eigenvalue weighted by Gasteiger charge is 2.14. The molecule has 0 fully saturated rings. The van der Waals surface area contributed by atoms with Gasteiger partial charge in [0.05, 0.1) is 7.85 Å². The molecule has 0 nitrogen and oxygen atoms in total. The van der Waals surface area contributed by atoms with Crippen molar-refractivity contribution in [2.75, 3.05) is 0 Å². The molecule has 62 valence electrons. The van der Waals surface area contributed by atoms with E-state index in [-0.39, 0.29) is 20.2 Å². The van der Waals surface area contributed by atoms with Crippen molar-refractivity contribution in [3.63, 3.8) is 0 Å². The van der Waals surface area contributed by atoms with Crippen LogP contribution in [0.3, 0.4) is 0 Å². The van der Waals surface area contributed by atoms with E-state index in [1.807, 2.05) is 0 Å². The molecule has 0 amide bonds.